The van der Waals surface area contributed by atoms with Gasteiger partial charge in [0.25, 0.3) is 0 Å². The van der Waals surface area contributed by atoms with Crippen molar-refractivity contribution in [3.63, 3.8) is 0 Å². The zero-order valence-corrected chi connectivity index (χ0v) is 19.0. The minimum Gasteiger partial charge on any atom is -0.493 e. The van der Waals surface area contributed by atoms with Gasteiger partial charge in [0.05, 0.1) is 12.1 Å². The molecular weight excluding hydrogens is 396 g/mol. The summed E-state index contributed by atoms with van der Waals surface area (Å²) in [6, 6.07) is 9.60. The lowest BCUT2D eigenvalue weighted by atomic mass is 10.1. The van der Waals surface area contributed by atoms with Crippen LogP contribution < -0.4 is 10.1 Å². The monoisotopic (exact) mass is 428 g/mol. The van der Waals surface area contributed by atoms with Crippen molar-refractivity contribution in [2.24, 2.45) is 5.92 Å². The number of allylic oxidation sites excluding steroid dienone is 3. The number of fused-ring (bicyclic) bond motifs is 1. The molecule has 30 heavy (non-hydrogen) atoms. The van der Waals surface area contributed by atoms with Crippen LogP contribution in [0.4, 0.5) is 0 Å². The van der Waals surface area contributed by atoms with E-state index >= 15 is 0 Å². The Morgan fingerprint density at radius 3 is 2.77 bits per heavy atom. The number of benzene rings is 1. The van der Waals surface area contributed by atoms with E-state index in [4.69, 9.17) is 16.3 Å². The van der Waals surface area contributed by atoms with Gasteiger partial charge in [-0.1, -0.05) is 56.5 Å². The van der Waals surface area contributed by atoms with Crippen molar-refractivity contribution in [1.82, 2.24) is 10.3 Å². The van der Waals surface area contributed by atoms with Crippen LogP contribution in [0.25, 0.3) is 10.9 Å². The summed E-state index contributed by atoms with van der Waals surface area (Å²) >= 11 is 5.95. The van der Waals surface area contributed by atoms with Crippen molar-refractivity contribution in [2.45, 2.75) is 52.9 Å². The van der Waals surface area contributed by atoms with Crippen LogP contribution in [0.1, 0.15) is 52.9 Å². The normalized spacial score (nSPS) is 12.1. The Balaban J connectivity index is 1.59. The fourth-order valence-electron chi connectivity index (χ4n) is 3.01. The lowest BCUT2D eigenvalue weighted by molar-refractivity contribution is -0.116. The molecule has 5 heteroatoms. The number of unbranched alkanes of at least 4 members (excludes halogenated alkanes) is 4. The average molecular weight is 429 g/mol. The Morgan fingerprint density at radius 1 is 1.17 bits per heavy atom. The largest absolute Gasteiger partial charge is 0.493 e. The summed E-state index contributed by atoms with van der Waals surface area (Å²) in [6.45, 7) is 7.53. The van der Waals surface area contributed by atoms with E-state index < -0.39 is 0 Å². The summed E-state index contributed by atoms with van der Waals surface area (Å²) in [5.41, 5.74) is 1.84. The molecule has 0 aliphatic rings. The summed E-state index contributed by atoms with van der Waals surface area (Å²) in [7, 11) is 0. The molecule has 0 spiro atoms. The molecule has 0 saturated heterocycles. The summed E-state index contributed by atoms with van der Waals surface area (Å²) in [6.07, 6.45) is 11.3. The molecule has 0 aliphatic heterocycles. The summed E-state index contributed by atoms with van der Waals surface area (Å²) < 4.78 is 5.95. The number of aromatic nitrogens is 1. The van der Waals surface area contributed by atoms with Crippen LogP contribution in [0, 0.1) is 5.92 Å². The van der Waals surface area contributed by atoms with E-state index in [0.29, 0.717) is 24.2 Å². The molecule has 0 unspecified atom stereocenters. The maximum absolute atomic E-state index is 11.7. The molecule has 0 fully saturated rings. The first-order chi connectivity index (χ1) is 14.5. The number of rotatable bonds is 12. The molecule has 1 amide bonds. The van der Waals surface area contributed by atoms with Crippen LogP contribution in [-0.2, 0) is 4.79 Å². The number of carbonyl (C=O) groups is 1. The topological polar surface area (TPSA) is 51.2 Å². The molecule has 0 radical (unpaired) electrons. The fourth-order valence-corrected chi connectivity index (χ4v) is 3.16. The Kier molecular flexibility index (Phi) is 10.4. The number of hydrogen-bond donors (Lipinski definition) is 1. The van der Waals surface area contributed by atoms with Crippen LogP contribution in [-0.4, -0.2) is 24.0 Å². The van der Waals surface area contributed by atoms with Crippen molar-refractivity contribution in [1.29, 1.82) is 0 Å². The molecule has 0 atom stereocenters. The van der Waals surface area contributed by atoms with Gasteiger partial charge in [-0.15, -0.1) is 0 Å². The lowest BCUT2D eigenvalue weighted by Crippen LogP contribution is -2.25. The van der Waals surface area contributed by atoms with Gasteiger partial charge in [0.1, 0.15) is 10.9 Å². The van der Waals surface area contributed by atoms with E-state index in [2.05, 4.69) is 30.2 Å². The Hall–Kier alpha value is -2.33. The molecule has 1 heterocycles. The smallest absolute Gasteiger partial charge is 0.244 e. The maximum Gasteiger partial charge on any atom is 0.244 e. The quantitative estimate of drug-likeness (QED) is 0.182. The highest BCUT2D eigenvalue weighted by Gasteiger charge is 2.03. The van der Waals surface area contributed by atoms with Gasteiger partial charge >= 0.3 is 0 Å². The number of hydrogen-bond acceptors (Lipinski definition) is 3. The predicted octanol–water partition coefficient (Wildman–Crippen LogP) is 6.49. The van der Waals surface area contributed by atoms with Crippen molar-refractivity contribution >= 4 is 28.4 Å². The minimum atomic E-state index is -0.0177. The molecule has 1 N–H and O–H groups in total. The fraction of sp³-hybridized carbons (Fsp3) is 0.440. The van der Waals surface area contributed by atoms with E-state index in [1.807, 2.05) is 37.3 Å². The standard InChI is InChI=1S/C25H33ClN2O2/c1-19(2)18-27-25(29)17-20(3)11-8-6-4-5-7-9-16-30-23-13-10-12-22-21(23)14-15-24(26)28-22/h8,10-15,17,19H,4-7,9,16,18H2,1-3H3,(H,27,29). The zero-order chi connectivity index (χ0) is 21.8. The van der Waals surface area contributed by atoms with Gasteiger partial charge in [-0.3, -0.25) is 4.79 Å². The van der Waals surface area contributed by atoms with E-state index in [1.165, 1.54) is 0 Å². The van der Waals surface area contributed by atoms with E-state index in [0.717, 1.165) is 54.3 Å². The maximum atomic E-state index is 11.7. The van der Waals surface area contributed by atoms with Crippen LogP contribution in [0.3, 0.4) is 0 Å². The Morgan fingerprint density at radius 2 is 1.97 bits per heavy atom. The summed E-state index contributed by atoms with van der Waals surface area (Å²) in [5.74, 6) is 1.31. The highest BCUT2D eigenvalue weighted by atomic mass is 35.5. The molecule has 2 aromatic rings. The van der Waals surface area contributed by atoms with E-state index in [9.17, 15) is 4.79 Å². The van der Waals surface area contributed by atoms with Gasteiger partial charge < -0.3 is 10.1 Å². The number of nitrogens with one attached hydrogen (secondary N) is 1. The van der Waals surface area contributed by atoms with Crippen LogP contribution >= 0.6 is 11.6 Å². The molecular formula is C25H33ClN2O2. The second-order valence-electron chi connectivity index (χ2n) is 7.94. The number of pyridine rings is 1. The first kappa shape index (κ1) is 23.9. The van der Waals surface area contributed by atoms with Gasteiger partial charge in [0.15, 0.2) is 0 Å². The second kappa shape index (κ2) is 13.1. The highest BCUT2D eigenvalue weighted by molar-refractivity contribution is 6.29. The molecule has 0 bridgehead atoms. The third-order valence-corrected chi connectivity index (χ3v) is 4.82. The van der Waals surface area contributed by atoms with E-state index in [-0.39, 0.29) is 5.91 Å². The van der Waals surface area contributed by atoms with Crippen molar-refractivity contribution in [3.8, 4) is 5.75 Å². The number of carbonyl (C=O) groups excluding carboxylic acids is 1. The van der Waals surface area contributed by atoms with Crippen molar-refractivity contribution in [3.05, 3.63) is 59.3 Å². The minimum absolute atomic E-state index is 0.0177. The molecule has 162 valence electrons. The molecule has 1 aromatic carbocycles. The summed E-state index contributed by atoms with van der Waals surface area (Å²) in [5, 5.41) is 4.38. The Labute approximate surface area is 185 Å². The van der Waals surface area contributed by atoms with Gasteiger partial charge in [0.2, 0.25) is 5.91 Å². The highest BCUT2D eigenvalue weighted by Crippen LogP contribution is 2.25. The second-order valence-corrected chi connectivity index (χ2v) is 8.33. The first-order valence-corrected chi connectivity index (χ1v) is 11.1. The van der Waals surface area contributed by atoms with Crippen molar-refractivity contribution in [2.75, 3.05) is 13.2 Å². The number of ether oxygens (including phenoxy) is 1. The van der Waals surface area contributed by atoms with Crippen LogP contribution in [0.5, 0.6) is 5.75 Å². The number of nitrogens with zero attached hydrogens (tertiary/aromatic N) is 1. The lowest BCUT2D eigenvalue weighted by Gasteiger charge is -2.09. The first-order valence-electron chi connectivity index (χ1n) is 10.8. The molecule has 2 rings (SSSR count). The molecule has 1 aromatic heterocycles. The third-order valence-electron chi connectivity index (χ3n) is 4.60. The summed E-state index contributed by atoms with van der Waals surface area (Å²) in [4.78, 5) is 16.1. The SMILES string of the molecule is CC(C=CCCCCCCOc1cccc2nc(Cl)ccc12)=CC(=O)NCC(C)C. The zero-order valence-electron chi connectivity index (χ0n) is 18.3. The number of halogens is 1. The molecule has 0 aliphatic carbocycles. The Bertz CT molecular complexity index is 875. The van der Waals surface area contributed by atoms with Crippen molar-refractivity contribution < 1.29 is 9.53 Å². The molecule has 4 nitrogen and oxygen atoms in total. The van der Waals surface area contributed by atoms with E-state index in [1.54, 1.807) is 12.1 Å². The van der Waals surface area contributed by atoms with Gasteiger partial charge in [0, 0.05) is 18.0 Å². The predicted molar refractivity (Wildman–Crippen MR) is 126 cm³/mol. The average Bonchev–Trinajstić information content (AvgIpc) is 2.70. The van der Waals surface area contributed by atoms with Crippen LogP contribution in [0.15, 0.2) is 54.1 Å². The van der Waals surface area contributed by atoms with Crippen LogP contribution in [0.2, 0.25) is 5.15 Å². The van der Waals surface area contributed by atoms with Gasteiger partial charge in [-0.25, -0.2) is 4.98 Å². The third kappa shape index (κ3) is 9.00. The number of amides is 1. The molecule has 0 saturated carbocycles. The van der Waals surface area contributed by atoms with Gasteiger partial charge in [-0.2, -0.15) is 0 Å². The van der Waals surface area contributed by atoms with Gasteiger partial charge in [-0.05, 0) is 61.9 Å².